The molecule has 1 fully saturated rings. The summed E-state index contributed by atoms with van der Waals surface area (Å²) < 4.78 is 1.29. The summed E-state index contributed by atoms with van der Waals surface area (Å²) in [6.07, 6.45) is 6.05. The maximum Gasteiger partial charge on any atom is 0.0910 e. The van der Waals surface area contributed by atoms with Crippen LogP contribution in [-0.2, 0) is 0 Å². The summed E-state index contributed by atoms with van der Waals surface area (Å²) in [5, 5.41) is 11.7. The van der Waals surface area contributed by atoms with E-state index in [1.807, 2.05) is 0 Å². The van der Waals surface area contributed by atoms with Crippen molar-refractivity contribution in [2.75, 3.05) is 0 Å². The van der Waals surface area contributed by atoms with Crippen molar-refractivity contribution in [3.8, 4) is 0 Å². The number of aliphatic hydroxyl groups is 1. The van der Waals surface area contributed by atoms with Crippen LogP contribution in [0.1, 0.15) is 43.1 Å². The van der Waals surface area contributed by atoms with Gasteiger partial charge in [0.15, 0.2) is 0 Å². The summed E-state index contributed by atoms with van der Waals surface area (Å²) in [5.41, 5.74) is 0. The van der Waals surface area contributed by atoms with Gasteiger partial charge in [0.05, 0.1) is 6.10 Å². The number of thiophene rings is 1. The maximum absolute atomic E-state index is 10.5. The molecule has 2 aromatic rings. The van der Waals surface area contributed by atoms with E-state index in [1.165, 1.54) is 42.2 Å². The molecule has 1 aromatic heterocycles. The molecule has 0 amide bonds. The summed E-state index contributed by atoms with van der Waals surface area (Å²) >= 11 is 1.75. The maximum atomic E-state index is 10.5. The smallest absolute Gasteiger partial charge is 0.0910 e. The number of rotatable bonds is 2. The van der Waals surface area contributed by atoms with Crippen LogP contribution in [0.15, 0.2) is 30.3 Å². The Balaban J connectivity index is 1.86. The quantitative estimate of drug-likeness (QED) is 0.826. The van der Waals surface area contributed by atoms with Crippen LogP contribution in [0, 0.1) is 5.92 Å². The van der Waals surface area contributed by atoms with Crippen LogP contribution in [0.3, 0.4) is 0 Å². The fourth-order valence-electron chi connectivity index (χ4n) is 2.83. The van der Waals surface area contributed by atoms with Gasteiger partial charge < -0.3 is 5.11 Å². The zero-order chi connectivity index (χ0) is 11.7. The van der Waals surface area contributed by atoms with Crippen molar-refractivity contribution in [2.24, 2.45) is 5.92 Å². The van der Waals surface area contributed by atoms with Gasteiger partial charge >= 0.3 is 0 Å². The van der Waals surface area contributed by atoms with Gasteiger partial charge in [0.25, 0.3) is 0 Å². The van der Waals surface area contributed by atoms with E-state index in [0.717, 1.165) is 4.88 Å². The molecule has 90 valence electrons. The first-order chi connectivity index (χ1) is 8.34. The molecule has 1 aromatic carbocycles. The summed E-state index contributed by atoms with van der Waals surface area (Å²) in [6.45, 7) is 0. The van der Waals surface area contributed by atoms with Crippen molar-refractivity contribution in [3.63, 3.8) is 0 Å². The Morgan fingerprint density at radius 2 is 1.88 bits per heavy atom. The fraction of sp³-hybridized carbons (Fsp3) is 0.467. The Labute approximate surface area is 106 Å². The predicted octanol–water partition coefficient (Wildman–Crippen LogP) is 4.52. The first-order valence-corrected chi connectivity index (χ1v) is 7.33. The van der Waals surface area contributed by atoms with Gasteiger partial charge in [-0.2, -0.15) is 0 Å². The highest BCUT2D eigenvalue weighted by Gasteiger charge is 2.24. The Hall–Kier alpha value is -0.860. The zero-order valence-corrected chi connectivity index (χ0v) is 10.7. The minimum absolute atomic E-state index is 0.243. The zero-order valence-electron chi connectivity index (χ0n) is 9.93. The normalized spacial score (nSPS) is 19.6. The van der Waals surface area contributed by atoms with Crippen LogP contribution in [-0.4, -0.2) is 5.11 Å². The second kappa shape index (κ2) is 4.79. The van der Waals surface area contributed by atoms with E-state index in [4.69, 9.17) is 0 Å². The predicted molar refractivity (Wildman–Crippen MR) is 73.4 cm³/mol. The summed E-state index contributed by atoms with van der Waals surface area (Å²) in [4.78, 5) is 1.15. The average molecular weight is 246 g/mol. The lowest BCUT2D eigenvalue weighted by molar-refractivity contribution is 0.0880. The third kappa shape index (κ3) is 2.24. The van der Waals surface area contributed by atoms with Crippen LogP contribution < -0.4 is 0 Å². The Bertz CT molecular complexity index is 463. The van der Waals surface area contributed by atoms with Crippen LogP contribution in [0.5, 0.6) is 0 Å². The lowest BCUT2D eigenvalue weighted by atomic mass is 9.85. The van der Waals surface area contributed by atoms with Gasteiger partial charge in [-0.25, -0.2) is 0 Å². The highest BCUT2D eigenvalue weighted by molar-refractivity contribution is 7.19. The van der Waals surface area contributed by atoms with E-state index in [9.17, 15) is 5.11 Å². The highest BCUT2D eigenvalue weighted by Crippen LogP contribution is 2.38. The van der Waals surface area contributed by atoms with Gasteiger partial charge in [-0.05, 0) is 36.3 Å². The van der Waals surface area contributed by atoms with Crippen molar-refractivity contribution in [1.29, 1.82) is 0 Å². The first-order valence-electron chi connectivity index (χ1n) is 6.51. The number of benzene rings is 1. The molecule has 17 heavy (non-hydrogen) atoms. The number of fused-ring (bicyclic) bond motifs is 1. The average Bonchev–Trinajstić information content (AvgIpc) is 2.82. The Kier molecular flexibility index (Phi) is 3.17. The van der Waals surface area contributed by atoms with E-state index in [0.29, 0.717) is 5.92 Å². The number of hydrogen-bond donors (Lipinski definition) is 1. The standard InChI is InChI=1S/C15H18OS/c16-15(11-6-2-1-3-7-11)14-10-12-8-4-5-9-13(12)17-14/h4-5,8-11,15-16H,1-3,6-7H2/t15-/m0/s1. The molecule has 0 saturated heterocycles. The molecule has 1 aliphatic carbocycles. The van der Waals surface area contributed by atoms with Crippen molar-refractivity contribution in [1.82, 2.24) is 0 Å². The van der Waals surface area contributed by atoms with Gasteiger partial charge in [0, 0.05) is 9.58 Å². The molecule has 1 nitrogen and oxygen atoms in total. The number of aliphatic hydroxyl groups excluding tert-OH is 1. The molecular formula is C15H18OS. The van der Waals surface area contributed by atoms with Crippen molar-refractivity contribution in [2.45, 2.75) is 38.2 Å². The molecule has 1 atom stereocenters. The molecule has 0 aliphatic heterocycles. The molecule has 1 saturated carbocycles. The van der Waals surface area contributed by atoms with E-state index in [1.54, 1.807) is 11.3 Å². The minimum atomic E-state index is -0.243. The van der Waals surface area contributed by atoms with Crippen LogP contribution in [0.25, 0.3) is 10.1 Å². The molecule has 2 heteroatoms. The van der Waals surface area contributed by atoms with Gasteiger partial charge in [0.2, 0.25) is 0 Å². The monoisotopic (exact) mass is 246 g/mol. The second-order valence-corrected chi connectivity index (χ2v) is 6.14. The van der Waals surface area contributed by atoms with Gasteiger partial charge in [-0.1, -0.05) is 37.5 Å². The van der Waals surface area contributed by atoms with Gasteiger partial charge in [-0.3, -0.25) is 0 Å². The molecule has 1 aliphatic rings. The third-order valence-corrected chi connectivity index (χ3v) is 5.02. The van der Waals surface area contributed by atoms with E-state index in [2.05, 4.69) is 30.3 Å². The van der Waals surface area contributed by atoms with Crippen LogP contribution >= 0.6 is 11.3 Å². The van der Waals surface area contributed by atoms with Crippen LogP contribution in [0.2, 0.25) is 0 Å². The third-order valence-electron chi connectivity index (χ3n) is 3.83. The summed E-state index contributed by atoms with van der Waals surface area (Å²) in [6, 6.07) is 10.6. The highest BCUT2D eigenvalue weighted by atomic mass is 32.1. The van der Waals surface area contributed by atoms with Gasteiger partial charge in [-0.15, -0.1) is 11.3 Å². The number of hydrogen-bond acceptors (Lipinski definition) is 2. The lowest BCUT2D eigenvalue weighted by Crippen LogP contribution is -2.14. The van der Waals surface area contributed by atoms with Crippen molar-refractivity contribution in [3.05, 3.63) is 35.2 Å². The fourth-order valence-corrected chi connectivity index (χ4v) is 3.97. The Morgan fingerprint density at radius 3 is 2.65 bits per heavy atom. The molecule has 1 heterocycles. The minimum Gasteiger partial charge on any atom is -0.387 e. The first kappa shape index (κ1) is 11.2. The molecular weight excluding hydrogens is 228 g/mol. The Morgan fingerprint density at radius 1 is 1.12 bits per heavy atom. The topological polar surface area (TPSA) is 20.2 Å². The van der Waals surface area contributed by atoms with E-state index >= 15 is 0 Å². The molecule has 3 rings (SSSR count). The van der Waals surface area contributed by atoms with Crippen LogP contribution in [0.4, 0.5) is 0 Å². The summed E-state index contributed by atoms with van der Waals surface area (Å²) in [7, 11) is 0. The van der Waals surface area contributed by atoms with Gasteiger partial charge in [0.1, 0.15) is 0 Å². The van der Waals surface area contributed by atoms with Crippen molar-refractivity contribution < 1.29 is 5.11 Å². The molecule has 0 radical (unpaired) electrons. The van der Waals surface area contributed by atoms with E-state index in [-0.39, 0.29) is 6.10 Å². The molecule has 0 unspecified atom stereocenters. The largest absolute Gasteiger partial charge is 0.387 e. The molecule has 0 bridgehead atoms. The van der Waals surface area contributed by atoms with E-state index < -0.39 is 0 Å². The molecule has 0 spiro atoms. The summed E-state index contributed by atoms with van der Waals surface area (Å²) in [5.74, 6) is 0.483. The van der Waals surface area contributed by atoms with Crippen molar-refractivity contribution >= 4 is 21.4 Å². The molecule has 1 N–H and O–H groups in total. The second-order valence-electron chi connectivity index (χ2n) is 5.03. The lowest BCUT2D eigenvalue weighted by Gasteiger charge is -2.25. The SMILES string of the molecule is O[C@H](c1cc2ccccc2s1)C1CCCCC1.